The minimum atomic E-state index is -0.432. The molecule has 0 amide bonds. The lowest BCUT2D eigenvalue weighted by atomic mass is 10.3. The average molecular weight is 265 g/mol. The molecule has 0 atom stereocenters. The van der Waals surface area contributed by atoms with Crippen molar-refractivity contribution in [3.63, 3.8) is 0 Å². The van der Waals surface area contributed by atoms with E-state index in [1.165, 1.54) is 11.3 Å². The van der Waals surface area contributed by atoms with Gasteiger partial charge in [0.05, 0.1) is 15.8 Å². The van der Waals surface area contributed by atoms with Crippen LogP contribution in [0.1, 0.15) is 5.01 Å². The van der Waals surface area contributed by atoms with Crippen molar-refractivity contribution in [3.05, 3.63) is 35.9 Å². The molecule has 0 fully saturated rings. The third-order valence-electron chi connectivity index (χ3n) is 2.12. The van der Waals surface area contributed by atoms with Gasteiger partial charge in [-0.15, -0.1) is 11.3 Å². The molecule has 88 valence electrons. The van der Waals surface area contributed by atoms with Gasteiger partial charge in [0.15, 0.2) is 0 Å². The Morgan fingerprint density at radius 3 is 2.94 bits per heavy atom. The number of hydrogen-bond acceptors (Lipinski definition) is 5. The van der Waals surface area contributed by atoms with Crippen molar-refractivity contribution >= 4 is 45.7 Å². The number of thiol groups is 1. The molecule has 0 unspecified atom stereocenters. The number of benzene rings is 1. The highest BCUT2D eigenvalue weighted by atomic mass is 32.1. The molecular weight excluding hydrogens is 254 g/mol. The predicted octanol–water partition coefficient (Wildman–Crippen LogP) is 2.78. The smallest absolute Gasteiger partial charge is 0.340 e. The van der Waals surface area contributed by atoms with Crippen molar-refractivity contribution in [2.24, 2.45) is 0 Å². The molecule has 0 aliphatic rings. The minimum Gasteiger partial charge on any atom is -0.461 e. The van der Waals surface area contributed by atoms with E-state index in [1.54, 1.807) is 0 Å². The predicted molar refractivity (Wildman–Crippen MR) is 73.5 cm³/mol. The van der Waals surface area contributed by atoms with Gasteiger partial charge < -0.3 is 4.74 Å². The number of ether oxygens (including phenoxy) is 1. The van der Waals surface area contributed by atoms with Gasteiger partial charge in [0.2, 0.25) is 0 Å². The van der Waals surface area contributed by atoms with E-state index in [1.807, 2.05) is 24.3 Å². The summed E-state index contributed by atoms with van der Waals surface area (Å²) >= 11 is 5.41. The Balaban J connectivity index is 2.21. The highest BCUT2D eigenvalue weighted by molar-refractivity contribution is 7.80. The van der Waals surface area contributed by atoms with Crippen LogP contribution in [0.4, 0.5) is 0 Å². The maximum absolute atomic E-state index is 11.6. The van der Waals surface area contributed by atoms with Gasteiger partial charge in [0, 0.05) is 5.75 Å². The van der Waals surface area contributed by atoms with E-state index in [0.717, 1.165) is 10.2 Å². The third-order valence-corrected chi connectivity index (χ3v) is 3.40. The summed E-state index contributed by atoms with van der Waals surface area (Å²) in [6, 6.07) is 7.71. The number of fused-ring (bicyclic) bond motifs is 1. The topological polar surface area (TPSA) is 39.2 Å². The Morgan fingerprint density at radius 2 is 2.24 bits per heavy atom. The molecule has 2 rings (SSSR count). The number of aromatic nitrogens is 1. The van der Waals surface area contributed by atoms with Crippen LogP contribution >= 0.6 is 24.0 Å². The van der Waals surface area contributed by atoms with Crippen LogP contribution in [0.15, 0.2) is 30.8 Å². The summed E-state index contributed by atoms with van der Waals surface area (Å²) in [7, 11) is 0. The zero-order valence-electron chi connectivity index (χ0n) is 9.05. The standard InChI is InChI=1S/C12H11NO2S2/c1-8(12(14)15-6-7-16)11-13-9-4-2-3-5-10(9)17-11/h2-5,16H,1,6-7H2. The first-order valence-electron chi connectivity index (χ1n) is 5.05. The lowest BCUT2D eigenvalue weighted by Gasteiger charge is -2.02. The van der Waals surface area contributed by atoms with E-state index in [9.17, 15) is 4.79 Å². The number of rotatable bonds is 4. The minimum absolute atomic E-state index is 0.284. The molecule has 1 aromatic carbocycles. The molecule has 17 heavy (non-hydrogen) atoms. The first-order chi connectivity index (χ1) is 8.22. The summed E-state index contributed by atoms with van der Waals surface area (Å²) in [5.74, 6) is 0.0666. The molecule has 0 N–H and O–H groups in total. The van der Waals surface area contributed by atoms with Crippen molar-refractivity contribution in [2.75, 3.05) is 12.4 Å². The zero-order chi connectivity index (χ0) is 12.3. The molecule has 0 saturated carbocycles. The van der Waals surface area contributed by atoms with Gasteiger partial charge in [-0.05, 0) is 12.1 Å². The maximum atomic E-state index is 11.6. The number of carbonyl (C=O) groups is 1. The fourth-order valence-corrected chi connectivity index (χ4v) is 2.33. The molecule has 0 aliphatic heterocycles. The number of para-hydroxylation sites is 1. The van der Waals surface area contributed by atoms with Gasteiger partial charge in [0.25, 0.3) is 0 Å². The van der Waals surface area contributed by atoms with Crippen LogP contribution < -0.4 is 0 Å². The van der Waals surface area contributed by atoms with Crippen LogP contribution in [0.25, 0.3) is 15.8 Å². The Hall–Kier alpha value is -1.33. The lowest BCUT2D eigenvalue weighted by molar-refractivity contribution is -0.135. The molecular formula is C12H11NO2S2. The molecule has 0 bridgehead atoms. The van der Waals surface area contributed by atoms with E-state index in [2.05, 4.69) is 24.2 Å². The van der Waals surface area contributed by atoms with Crippen molar-refractivity contribution in [2.45, 2.75) is 0 Å². The van der Waals surface area contributed by atoms with Gasteiger partial charge in [-0.1, -0.05) is 18.7 Å². The van der Waals surface area contributed by atoms with Crippen LogP contribution in [-0.4, -0.2) is 23.3 Å². The van der Waals surface area contributed by atoms with Crippen molar-refractivity contribution in [3.8, 4) is 0 Å². The van der Waals surface area contributed by atoms with Gasteiger partial charge in [-0.2, -0.15) is 12.6 Å². The van der Waals surface area contributed by atoms with Crippen molar-refractivity contribution < 1.29 is 9.53 Å². The van der Waals surface area contributed by atoms with Gasteiger partial charge in [-0.25, -0.2) is 9.78 Å². The Bertz CT molecular complexity index is 529. The molecule has 1 aromatic heterocycles. The molecule has 0 saturated heterocycles. The Labute approximate surface area is 109 Å². The summed E-state index contributed by atoms with van der Waals surface area (Å²) in [5, 5.41) is 0.607. The number of esters is 1. The largest absolute Gasteiger partial charge is 0.461 e. The monoisotopic (exact) mass is 265 g/mol. The third kappa shape index (κ3) is 2.68. The highest BCUT2D eigenvalue weighted by Crippen LogP contribution is 2.26. The fourth-order valence-electron chi connectivity index (χ4n) is 1.31. The first kappa shape index (κ1) is 12.1. The van der Waals surface area contributed by atoms with E-state index in [4.69, 9.17) is 4.74 Å². The van der Waals surface area contributed by atoms with Crippen LogP contribution in [0.2, 0.25) is 0 Å². The first-order valence-corrected chi connectivity index (χ1v) is 6.50. The maximum Gasteiger partial charge on any atom is 0.340 e. The van der Waals surface area contributed by atoms with E-state index >= 15 is 0 Å². The number of hydrogen-bond donors (Lipinski definition) is 1. The van der Waals surface area contributed by atoms with E-state index in [0.29, 0.717) is 16.3 Å². The molecule has 3 nitrogen and oxygen atoms in total. The normalized spacial score (nSPS) is 10.4. The second-order valence-corrected chi connectivity index (χ2v) is 4.80. The number of thiazole rings is 1. The Morgan fingerprint density at radius 1 is 1.47 bits per heavy atom. The summed E-state index contributed by atoms with van der Waals surface area (Å²) in [6.07, 6.45) is 0. The SMILES string of the molecule is C=C(C(=O)OCCS)c1nc2ccccc2s1. The van der Waals surface area contributed by atoms with Crippen LogP contribution in [0.5, 0.6) is 0 Å². The van der Waals surface area contributed by atoms with Gasteiger partial charge in [-0.3, -0.25) is 0 Å². The Kier molecular flexibility index (Phi) is 3.81. The van der Waals surface area contributed by atoms with Crippen molar-refractivity contribution in [1.29, 1.82) is 0 Å². The second kappa shape index (κ2) is 5.33. The molecule has 0 radical (unpaired) electrons. The summed E-state index contributed by atoms with van der Waals surface area (Å²) in [4.78, 5) is 15.9. The molecule has 1 heterocycles. The average Bonchev–Trinajstić information content (AvgIpc) is 2.78. The quantitative estimate of drug-likeness (QED) is 0.525. The number of nitrogens with zero attached hydrogens (tertiary/aromatic N) is 1. The molecule has 5 heteroatoms. The second-order valence-electron chi connectivity index (χ2n) is 3.32. The van der Waals surface area contributed by atoms with Crippen LogP contribution in [-0.2, 0) is 9.53 Å². The molecule has 0 spiro atoms. The van der Waals surface area contributed by atoms with E-state index < -0.39 is 5.97 Å². The van der Waals surface area contributed by atoms with E-state index in [-0.39, 0.29) is 6.61 Å². The summed E-state index contributed by atoms with van der Waals surface area (Å²) in [6.45, 7) is 4.01. The lowest BCUT2D eigenvalue weighted by Crippen LogP contribution is -2.08. The van der Waals surface area contributed by atoms with Gasteiger partial charge in [0.1, 0.15) is 11.6 Å². The van der Waals surface area contributed by atoms with Crippen molar-refractivity contribution in [1.82, 2.24) is 4.98 Å². The highest BCUT2D eigenvalue weighted by Gasteiger charge is 2.15. The summed E-state index contributed by atoms with van der Waals surface area (Å²) in [5.41, 5.74) is 1.17. The molecule has 2 aromatic rings. The van der Waals surface area contributed by atoms with Crippen LogP contribution in [0.3, 0.4) is 0 Å². The number of carbonyl (C=O) groups excluding carboxylic acids is 1. The van der Waals surface area contributed by atoms with Gasteiger partial charge >= 0.3 is 5.97 Å². The molecule has 0 aliphatic carbocycles. The van der Waals surface area contributed by atoms with Crippen LogP contribution in [0, 0.1) is 0 Å². The summed E-state index contributed by atoms with van der Waals surface area (Å²) < 4.78 is 5.99. The fraction of sp³-hybridized carbons (Fsp3) is 0.167. The zero-order valence-corrected chi connectivity index (χ0v) is 10.8.